The van der Waals surface area contributed by atoms with E-state index in [0.29, 0.717) is 0 Å². The summed E-state index contributed by atoms with van der Waals surface area (Å²) in [7, 11) is 0. The third kappa shape index (κ3) is 2.92. The largest absolute Gasteiger partial charge is 0.478 e. The number of carboxylic acid groups (broad SMARTS) is 1. The zero-order valence-electron chi connectivity index (χ0n) is 8.01. The molecule has 1 rings (SSSR count). The number of benzene rings is 1. The first kappa shape index (κ1) is 11.9. The van der Waals surface area contributed by atoms with Crippen LogP contribution in [0.15, 0.2) is 23.3 Å². The average molecular weight is 236 g/mol. The Hall–Kier alpha value is -2.15. The van der Waals surface area contributed by atoms with Gasteiger partial charge in [0.15, 0.2) is 0 Å². The van der Waals surface area contributed by atoms with E-state index in [2.05, 4.69) is 21.9 Å². The van der Waals surface area contributed by atoms with Crippen LogP contribution in [0.3, 0.4) is 0 Å². The van der Waals surface area contributed by atoms with Crippen molar-refractivity contribution in [2.45, 2.75) is 0 Å². The van der Waals surface area contributed by atoms with Gasteiger partial charge < -0.3 is 5.11 Å². The molecule has 0 aliphatic rings. The molecule has 0 radical (unpaired) electrons. The summed E-state index contributed by atoms with van der Waals surface area (Å²) in [5.74, 6) is 3.99. The first-order valence-corrected chi connectivity index (χ1v) is 4.56. The van der Waals surface area contributed by atoms with Gasteiger partial charge in [-0.3, -0.25) is 0 Å². The molecule has 0 bridgehead atoms. The van der Waals surface area contributed by atoms with Crippen molar-refractivity contribution in [3.8, 4) is 11.8 Å². The van der Waals surface area contributed by atoms with Gasteiger partial charge in [0.05, 0.1) is 22.7 Å². The molecule has 0 aliphatic carbocycles. The third-order valence-corrected chi connectivity index (χ3v) is 1.99. The molecule has 6 heteroatoms. The first-order valence-electron chi connectivity index (χ1n) is 4.18. The smallest absolute Gasteiger partial charge is 0.337 e. The van der Waals surface area contributed by atoms with Gasteiger partial charge in [0.25, 0.3) is 0 Å². The monoisotopic (exact) mass is 235 g/mol. The molecule has 0 amide bonds. The molecule has 0 aromatic heterocycles. The summed E-state index contributed by atoms with van der Waals surface area (Å²) in [5, 5.41) is 12.3. The van der Waals surface area contributed by atoms with Crippen molar-refractivity contribution in [2.75, 3.05) is 6.54 Å². The Morgan fingerprint density at radius 3 is 3.00 bits per heavy atom. The Kier molecular flexibility index (Phi) is 4.22. The maximum absolute atomic E-state index is 10.9. The predicted molar refractivity (Wildman–Crippen MR) is 59.3 cm³/mol. The highest BCUT2D eigenvalue weighted by Crippen LogP contribution is 2.18. The summed E-state index contributed by atoms with van der Waals surface area (Å²) in [4.78, 5) is 13.4. The van der Waals surface area contributed by atoms with Crippen LogP contribution < -0.4 is 0 Å². The van der Waals surface area contributed by atoms with Crippen molar-refractivity contribution in [3.05, 3.63) is 44.8 Å². The molecule has 16 heavy (non-hydrogen) atoms. The molecular formula is C10H6ClN3O2. The normalized spacial score (nSPS) is 8.56. The summed E-state index contributed by atoms with van der Waals surface area (Å²) in [5.41, 5.74) is 8.29. The lowest BCUT2D eigenvalue weighted by Crippen LogP contribution is -2.00. The van der Waals surface area contributed by atoms with Crippen LogP contribution in [0.1, 0.15) is 15.9 Å². The van der Waals surface area contributed by atoms with Crippen molar-refractivity contribution in [2.24, 2.45) is 5.11 Å². The molecule has 0 unspecified atom stereocenters. The zero-order valence-corrected chi connectivity index (χ0v) is 8.77. The second kappa shape index (κ2) is 5.66. The number of hydrogen-bond donors (Lipinski definition) is 1. The van der Waals surface area contributed by atoms with Crippen LogP contribution in [0.2, 0.25) is 5.02 Å². The Morgan fingerprint density at radius 2 is 2.38 bits per heavy atom. The number of azide groups is 1. The van der Waals surface area contributed by atoms with Gasteiger partial charge >= 0.3 is 5.97 Å². The van der Waals surface area contributed by atoms with E-state index in [-0.39, 0.29) is 22.7 Å². The number of hydrogen-bond acceptors (Lipinski definition) is 2. The third-order valence-electron chi connectivity index (χ3n) is 1.67. The van der Waals surface area contributed by atoms with Crippen molar-refractivity contribution in [1.82, 2.24) is 0 Å². The number of carboxylic acids is 1. The molecule has 0 atom stereocenters. The Bertz CT molecular complexity index is 525. The van der Waals surface area contributed by atoms with Crippen LogP contribution in [0.4, 0.5) is 0 Å². The van der Waals surface area contributed by atoms with E-state index < -0.39 is 5.97 Å². The zero-order chi connectivity index (χ0) is 12.0. The van der Waals surface area contributed by atoms with E-state index in [1.54, 1.807) is 6.07 Å². The number of halogens is 1. The first-order chi connectivity index (χ1) is 7.66. The quantitative estimate of drug-likeness (QED) is 0.370. The van der Waals surface area contributed by atoms with Gasteiger partial charge in [-0.15, -0.1) is 0 Å². The van der Waals surface area contributed by atoms with Gasteiger partial charge in [-0.05, 0) is 17.7 Å². The van der Waals surface area contributed by atoms with E-state index in [4.69, 9.17) is 22.2 Å². The van der Waals surface area contributed by atoms with Crippen molar-refractivity contribution < 1.29 is 9.90 Å². The Balaban J connectivity index is 3.13. The van der Waals surface area contributed by atoms with Crippen LogP contribution in [-0.4, -0.2) is 17.6 Å². The van der Waals surface area contributed by atoms with E-state index >= 15 is 0 Å². The van der Waals surface area contributed by atoms with Crippen molar-refractivity contribution >= 4 is 17.6 Å². The SMILES string of the molecule is [N-]=[N+]=NCC#Cc1c(Cl)cccc1C(=O)O. The fourth-order valence-corrected chi connectivity index (χ4v) is 1.25. The summed E-state index contributed by atoms with van der Waals surface area (Å²) in [6.45, 7) is -0.0270. The fourth-order valence-electron chi connectivity index (χ4n) is 1.02. The summed E-state index contributed by atoms with van der Waals surface area (Å²) < 4.78 is 0. The predicted octanol–water partition coefficient (Wildman–Crippen LogP) is 2.70. The minimum atomic E-state index is -1.10. The second-order valence-electron chi connectivity index (χ2n) is 2.66. The van der Waals surface area contributed by atoms with Crippen LogP contribution in [-0.2, 0) is 0 Å². The molecule has 0 saturated carbocycles. The number of carbonyl (C=O) groups is 1. The lowest BCUT2D eigenvalue weighted by molar-refractivity contribution is 0.0696. The molecule has 5 nitrogen and oxygen atoms in total. The maximum atomic E-state index is 10.9. The van der Waals surface area contributed by atoms with Gasteiger partial charge in [-0.1, -0.05) is 34.6 Å². The molecule has 0 heterocycles. The Morgan fingerprint density at radius 1 is 1.62 bits per heavy atom. The highest BCUT2D eigenvalue weighted by molar-refractivity contribution is 6.32. The van der Waals surface area contributed by atoms with Crippen LogP contribution in [0, 0.1) is 11.8 Å². The molecule has 1 aromatic carbocycles. The van der Waals surface area contributed by atoms with Gasteiger partial charge in [-0.2, -0.15) is 0 Å². The van der Waals surface area contributed by atoms with E-state index in [1.165, 1.54) is 12.1 Å². The Labute approximate surface area is 96.3 Å². The van der Waals surface area contributed by atoms with E-state index in [0.717, 1.165) is 0 Å². The topological polar surface area (TPSA) is 86.1 Å². The number of rotatable bonds is 2. The van der Waals surface area contributed by atoms with Gasteiger partial charge in [0.1, 0.15) is 0 Å². The maximum Gasteiger partial charge on any atom is 0.337 e. The van der Waals surface area contributed by atoms with Crippen molar-refractivity contribution in [1.29, 1.82) is 0 Å². The van der Waals surface area contributed by atoms with Crippen LogP contribution in [0.25, 0.3) is 10.4 Å². The van der Waals surface area contributed by atoms with Gasteiger partial charge in [0.2, 0.25) is 0 Å². The molecule has 1 aromatic rings. The highest BCUT2D eigenvalue weighted by atomic mass is 35.5. The lowest BCUT2D eigenvalue weighted by atomic mass is 10.1. The summed E-state index contributed by atoms with van der Waals surface area (Å²) in [6.07, 6.45) is 0. The molecule has 0 spiro atoms. The van der Waals surface area contributed by atoms with Crippen LogP contribution >= 0.6 is 11.6 Å². The molecule has 0 aliphatic heterocycles. The minimum Gasteiger partial charge on any atom is -0.478 e. The average Bonchev–Trinajstić information content (AvgIpc) is 2.25. The second-order valence-corrected chi connectivity index (χ2v) is 3.07. The lowest BCUT2D eigenvalue weighted by Gasteiger charge is -2.00. The van der Waals surface area contributed by atoms with Crippen LogP contribution in [0.5, 0.6) is 0 Å². The van der Waals surface area contributed by atoms with Gasteiger partial charge in [0, 0.05) is 4.91 Å². The summed E-state index contributed by atoms with van der Waals surface area (Å²) >= 11 is 5.82. The number of aromatic carboxylic acids is 1. The number of nitrogens with zero attached hydrogens (tertiary/aromatic N) is 3. The van der Waals surface area contributed by atoms with E-state index in [1.807, 2.05) is 0 Å². The molecule has 1 N–H and O–H groups in total. The van der Waals surface area contributed by atoms with E-state index in [9.17, 15) is 4.79 Å². The molecular weight excluding hydrogens is 230 g/mol. The molecule has 80 valence electrons. The molecule has 0 fully saturated rings. The highest BCUT2D eigenvalue weighted by Gasteiger charge is 2.10. The summed E-state index contributed by atoms with van der Waals surface area (Å²) in [6, 6.07) is 4.49. The fraction of sp³-hybridized carbons (Fsp3) is 0.100. The standard InChI is InChI=1S/C10H6ClN3O2/c11-9-5-1-3-8(10(15)16)7(9)4-2-6-13-14-12/h1,3,5H,6H2,(H,15,16). The van der Waals surface area contributed by atoms with Crippen molar-refractivity contribution in [3.63, 3.8) is 0 Å². The molecule has 0 saturated heterocycles. The minimum absolute atomic E-state index is 0.0270. The van der Waals surface area contributed by atoms with Gasteiger partial charge in [-0.25, -0.2) is 4.79 Å².